The van der Waals surface area contributed by atoms with Crippen LogP contribution in [0.5, 0.6) is 0 Å². The van der Waals surface area contributed by atoms with Crippen molar-refractivity contribution >= 4 is 91.0 Å². The minimum Gasteiger partial charge on any atom is -0.246 e. The first kappa shape index (κ1) is 35.7. The highest BCUT2D eigenvalue weighted by Crippen LogP contribution is 2.32. The molecule has 0 aromatic heterocycles. The second-order valence-electron chi connectivity index (χ2n) is 15.5. The molecule has 0 N–H and O–H groups in total. The smallest absolute Gasteiger partial charge is 0.148 e. The average molecular weight is 775 g/mol. The van der Waals surface area contributed by atoms with E-state index in [0.717, 1.165) is 32.9 Å². The molecule has 0 spiro atoms. The third-order valence-electron chi connectivity index (χ3n) is 12.4. The highest BCUT2D eigenvalue weighted by Gasteiger charge is 2.37. The predicted octanol–water partition coefficient (Wildman–Crippen LogP) is 8.69. The molecule has 276 valence electrons. The van der Waals surface area contributed by atoms with Crippen LogP contribution in [0.25, 0.3) is 32.3 Å². The van der Waals surface area contributed by atoms with E-state index in [0.29, 0.717) is 0 Å². The van der Waals surface area contributed by atoms with Crippen molar-refractivity contribution in [2.45, 2.75) is 13.1 Å². The molecule has 0 unspecified atom stereocenters. The molecule has 0 saturated heterocycles. The van der Waals surface area contributed by atoms with E-state index in [1.807, 2.05) is 0 Å². The van der Waals surface area contributed by atoms with Crippen molar-refractivity contribution in [3.05, 3.63) is 229 Å². The van der Waals surface area contributed by atoms with Crippen molar-refractivity contribution in [1.82, 2.24) is 0 Å². The molecule has 10 rings (SSSR count). The highest BCUT2D eigenvalue weighted by atomic mass is 28.3. The number of benzene rings is 10. The minimum absolute atomic E-state index is 0.902. The fraction of sp³-hybridized carbons (Fsp3) is 0.0370. The van der Waals surface area contributed by atoms with Crippen LogP contribution >= 0.6 is 0 Å². The van der Waals surface area contributed by atoms with Gasteiger partial charge in [0.05, 0.1) is 22.1 Å². The van der Waals surface area contributed by atoms with Crippen LogP contribution in [0.1, 0.15) is 0 Å². The van der Waals surface area contributed by atoms with Crippen molar-refractivity contribution in [2.75, 3.05) is 0 Å². The Morgan fingerprint density at radius 2 is 0.603 bits per heavy atom. The maximum Gasteiger partial charge on any atom is 0.148 e. The zero-order valence-corrected chi connectivity index (χ0v) is 34.7. The lowest BCUT2D eigenvalue weighted by atomic mass is 9.93. The molecule has 0 heterocycles. The molecular weight excluding hydrogens is 733 g/mol. The van der Waals surface area contributed by atoms with Crippen LogP contribution in [0.3, 0.4) is 0 Å². The van der Waals surface area contributed by atoms with Crippen molar-refractivity contribution in [3.8, 4) is 0 Å². The van der Waals surface area contributed by atoms with Crippen molar-refractivity contribution < 1.29 is 0 Å². The van der Waals surface area contributed by atoms with Crippen LogP contribution < -0.4 is 41.8 Å². The van der Waals surface area contributed by atoms with Gasteiger partial charge in [0, 0.05) is 10.8 Å². The fourth-order valence-electron chi connectivity index (χ4n) is 9.30. The maximum absolute atomic E-state index is 5.86. The fourth-order valence-corrected chi connectivity index (χ4v) is 16.8. The number of nitrogens with zero attached hydrogens (tertiary/aromatic N) is 2. The molecule has 58 heavy (non-hydrogen) atoms. The standard InChI is InChI=1S/C54H42N2Si2/c1-57(41-23-7-3-8-24-41,42-25-9-4-10-26-42)49-35-17-15-33-47(49)55-53-45-31-19-21-39-37-38-40-22-20-32-46(52(40)51(39)45)54(53)56-48-34-16-18-36-50(48)58(2,43-27-11-5-12-28-43)44-29-13-6-14-30-44/h3-38H,1-2H3. The van der Waals surface area contributed by atoms with E-state index in [9.17, 15) is 0 Å². The number of para-hydroxylation sites is 2. The lowest BCUT2D eigenvalue weighted by Gasteiger charge is -2.30. The van der Waals surface area contributed by atoms with Crippen molar-refractivity contribution in [1.29, 1.82) is 0 Å². The Labute approximate surface area is 341 Å². The summed E-state index contributed by atoms with van der Waals surface area (Å²) in [5.74, 6) is 0. The van der Waals surface area contributed by atoms with E-state index in [2.05, 4.69) is 231 Å². The van der Waals surface area contributed by atoms with E-state index >= 15 is 0 Å². The third-order valence-corrected chi connectivity index (χ3v) is 21.3. The van der Waals surface area contributed by atoms with E-state index in [1.54, 1.807) is 0 Å². The van der Waals surface area contributed by atoms with Crippen molar-refractivity contribution in [2.24, 2.45) is 9.98 Å². The summed E-state index contributed by atoms with van der Waals surface area (Å²) in [5, 5.41) is 16.9. The molecule has 0 bridgehead atoms. The minimum atomic E-state index is -2.54. The van der Waals surface area contributed by atoms with Gasteiger partial charge in [-0.3, -0.25) is 0 Å². The topological polar surface area (TPSA) is 24.7 Å². The van der Waals surface area contributed by atoms with Gasteiger partial charge in [-0.25, -0.2) is 9.98 Å². The molecular formula is C54H42N2Si2. The van der Waals surface area contributed by atoms with Gasteiger partial charge in [0.15, 0.2) is 0 Å². The van der Waals surface area contributed by atoms with Crippen LogP contribution in [0.15, 0.2) is 228 Å². The van der Waals surface area contributed by atoms with E-state index in [1.165, 1.54) is 52.7 Å². The Morgan fingerprint density at radius 3 is 0.948 bits per heavy atom. The lowest BCUT2D eigenvalue weighted by Crippen LogP contribution is -2.64. The predicted molar refractivity (Wildman–Crippen MR) is 251 cm³/mol. The van der Waals surface area contributed by atoms with Gasteiger partial charge in [0.2, 0.25) is 0 Å². The molecule has 0 amide bonds. The van der Waals surface area contributed by atoms with Gasteiger partial charge in [-0.2, -0.15) is 0 Å². The van der Waals surface area contributed by atoms with Crippen LogP contribution in [0.2, 0.25) is 13.1 Å². The number of rotatable bonds is 8. The molecule has 4 heteroatoms. The van der Waals surface area contributed by atoms with Gasteiger partial charge >= 0.3 is 0 Å². The van der Waals surface area contributed by atoms with Gasteiger partial charge in [0.25, 0.3) is 0 Å². The summed E-state index contributed by atoms with van der Waals surface area (Å²) in [6.45, 7) is 4.94. The second kappa shape index (κ2) is 14.7. The van der Waals surface area contributed by atoms with Gasteiger partial charge < -0.3 is 0 Å². The first-order valence-electron chi connectivity index (χ1n) is 20.1. The second-order valence-corrected chi connectivity index (χ2v) is 23.4. The van der Waals surface area contributed by atoms with Crippen LogP contribution in [0, 0.1) is 0 Å². The largest absolute Gasteiger partial charge is 0.246 e. The quantitative estimate of drug-likeness (QED) is 0.0840. The molecule has 0 aliphatic heterocycles. The molecule has 10 aromatic carbocycles. The van der Waals surface area contributed by atoms with Gasteiger partial charge in [-0.1, -0.05) is 219 Å². The Balaban J connectivity index is 1.34. The molecule has 0 aliphatic carbocycles. The molecule has 0 aliphatic rings. The van der Waals surface area contributed by atoms with Crippen LogP contribution in [-0.4, -0.2) is 16.1 Å². The summed E-state index contributed by atoms with van der Waals surface area (Å²) in [6, 6.07) is 79.6. The van der Waals surface area contributed by atoms with Crippen molar-refractivity contribution in [3.63, 3.8) is 0 Å². The molecule has 0 fully saturated rings. The summed E-state index contributed by atoms with van der Waals surface area (Å²) in [7, 11) is -5.07. The van der Waals surface area contributed by atoms with Gasteiger partial charge in [-0.15, -0.1) is 0 Å². The Bertz CT molecular complexity index is 2890. The van der Waals surface area contributed by atoms with Crippen LogP contribution in [-0.2, 0) is 0 Å². The Morgan fingerprint density at radius 1 is 0.293 bits per heavy atom. The molecule has 0 atom stereocenters. The first-order chi connectivity index (χ1) is 28.5. The summed E-state index contributed by atoms with van der Waals surface area (Å²) in [5.41, 5.74) is 1.97. The molecule has 2 nitrogen and oxygen atoms in total. The Hall–Kier alpha value is -6.73. The molecule has 0 saturated carbocycles. The van der Waals surface area contributed by atoms with E-state index in [4.69, 9.17) is 9.98 Å². The Kier molecular flexibility index (Phi) is 9.01. The summed E-state index contributed by atoms with van der Waals surface area (Å²) in [4.78, 5) is 11.7. The van der Waals surface area contributed by atoms with Gasteiger partial charge in [0.1, 0.15) is 16.1 Å². The van der Waals surface area contributed by atoms with Gasteiger partial charge in [-0.05, 0) is 64.8 Å². The zero-order valence-electron chi connectivity index (χ0n) is 32.7. The number of hydrogen-bond donors (Lipinski definition) is 0. The maximum atomic E-state index is 5.86. The summed E-state index contributed by atoms with van der Waals surface area (Å²) in [6.07, 6.45) is 0. The molecule has 0 radical (unpaired) electrons. The van der Waals surface area contributed by atoms with E-state index < -0.39 is 16.1 Å². The summed E-state index contributed by atoms with van der Waals surface area (Å²) < 4.78 is 0. The third kappa shape index (κ3) is 5.84. The average Bonchev–Trinajstić information content (AvgIpc) is 3.30. The molecule has 10 aromatic rings. The van der Waals surface area contributed by atoms with Crippen LogP contribution in [0.4, 0.5) is 11.4 Å². The monoisotopic (exact) mass is 774 g/mol. The SMILES string of the molecule is C[Si](c1ccccc1)(c1ccccc1)c1ccccc1N=c1c(=Nc2ccccc2[Si](C)(c2ccccc2)c2ccccc2)c2cccc3ccc4cccc1c4c32. The highest BCUT2D eigenvalue weighted by molar-refractivity contribution is 7.12. The normalized spacial score (nSPS) is 12.9. The summed E-state index contributed by atoms with van der Waals surface area (Å²) >= 11 is 0. The number of hydrogen-bond acceptors (Lipinski definition) is 2. The first-order valence-corrected chi connectivity index (χ1v) is 25.1. The zero-order chi connectivity index (χ0) is 39.1. The van der Waals surface area contributed by atoms with E-state index in [-0.39, 0.29) is 0 Å². The lowest BCUT2D eigenvalue weighted by molar-refractivity contribution is 1.28.